The predicted octanol–water partition coefficient (Wildman–Crippen LogP) is 5.04. The number of halogens is 1. The molecular formula is C24H25ClN6O2S2. The first-order chi connectivity index (χ1) is 16.6. The highest BCUT2D eigenvalue weighted by Gasteiger charge is 2.31. The van der Waals surface area contributed by atoms with Gasteiger partial charge in [-0.3, -0.25) is 0 Å². The Morgan fingerprint density at radius 2 is 2.00 bits per heavy atom. The zero-order chi connectivity index (χ0) is 24.9. The van der Waals surface area contributed by atoms with E-state index in [1.165, 1.54) is 23.1 Å². The number of aliphatic hydroxyl groups is 1. The van der Waals surface area contributed by atoms with Crippen molar-refractivity contribution in [1.29, 1.82) is 0 Å². The molecule has 0 bridgehead atoms. The first-order valence-electron chi connectivity index (χ1n) is 11.0. The van der Waals surface area contributed by atoms with E-state index in [9.17, 15) is 5.11 Å². The minimum atomic E-state index is -1.21. The quantitative estimate of drug-likeness (QED) is 0.214. The molecule has 3 N–H and O–H groups in total. The van der Waals surface area contributed by atoms with Crippen LogP contribution in [0.15, 0.2) is 29.6 Å². The number of nitrogens with zero attached hydrogens (tertiary/aromatic N) is 5. The number of nitrogens with two attached hydrogens (primary N) is 1. The van der Waals surface area contributed by atoms with Crippen molar-refractivity contribution in [3.05, 3.63) is 46.2 Å². The number of thiazole rings is 1. The fraction of sp³-hybridized carbons (Fsp3) is 0.333. The fourth-order valence-corrected chi connectivity index (χ4v) is 5.77. The SMILES string of the molecule is CSc1nc(Cl)c(C(C)(C)O)c(N2CCOc3c(C)cc(-c4cnc5sc(N)nc5c4)cc3C2)n1. The summed E-state index contributed by atoms with van der Waals surface area (Å²) in [6, 6.07) is 6.22. The Morgan fingerprint density at radius 1 is 1.20 bits per heavy atom. The van der Waals surface area contributed by atoms with Crippen LogP contribution in [-0.4, -0.2) is 44.4 Å². The molecule has 35 heavy (non-hydrogen) atoms. The van der Waals surface area contributed by atoms with Gasteiger partial charge in [-0.2, -0.15) is 0 Å². The lowest BCUT2D eigenvalue weighted by atomic mass is 9.98. The third kappa shape index (κ3) is 4.63. The molecule has 1 aromatic carbocycles. The Bertz CT molecular complexity index is 1440. The highest BCUT2D eigenvalue weighted by atomic mass is 35.5. The van der Waals surface area contributed by atoms with Gasteiger partial charge in [-0.15, -0.1) is 0 Å². The predicted molar refractivity (Wildman–Crippen MR) is 143 cm³/mol. The molecular weight excluding hydrogens is 504 g/mol. The van der Waals surface area contributed by atoms with Gasteiger partial charge >= 0.3 is 0 Å². The number of aromatic nitrogens is 4. The Balaban J connectivity index is 1.59. The van der Waals surface area contributed by atoms with E-state index in [0.717, 1.165) is 38.4 Å². The molecule has 182 valence electrons. The van der Waals surface area contributed by atoms with Crippen molar-refractivity contribution in [3.8, 4) is 16.9 Å². The van der Waals surface area contributed by atoms with Gasteiger partial charge in [0, 0.05) is 23.9 Å². The maximum atomic E-state index is 10.9. The van der Waals surface area contributed by atoms with E-state index < -0.39 is 5.60 Å². The van der Waals surface area contributed by atoms with Crippen molar-refractivity contribution in [1.82, 2.24) is 19.9 Å². The summed E-state index contributed by atoms with van der Waals surface area (Å²) in [5.41, 5.74) is 9.95. The number of nitrogen functional groups attached to an aromatic ring is 1. The summed E-state index contributed by atoms with van der Waals surface area (Å²) in [4.78, 5) is 20.9. The first kappa shape index (κ1) is 24.1. The number of benzene rings is 1. The van der Waals surface area contributed by atoms with Gasteiger partial charge in [0.05, 0.1) is 17.7 Å². The number of ether oxygens (including phenoxy) is 1. The van der Waals surface area contributed by atoms with Gasteiger partial charge in [-0.1, -0.05) is 34.7 Å². The van der Waals surface area contributed by atoms with Crippen LogP contribution in [0.4, 0.5) is 10.9 Å². The molecule has 0 amide bonds. The van der Waals surface area contributed by atoms with E-state index in [4.69, 9.17) is 27.1 Å². The molecule has 0 unspecified atom stereocenters. The molecule has 1 aliphatic heterocycles. The van der Waals surface area contributed by atoms with Crippen molar-refractivity contribution >= 4 is 56.0 Å². The van der Waals surface area contributed by atoms with Crippen LogP contribution in [0.2, 0.25) is 5.15 Å². The molecule has 4 aromatic rings. The second kappa shape index (κ2) is 9.09. The Kier molecular flexibility index (Phi) is 6.25. The smallest absolute Gasteiger partial charge is 0.190 e. The largest absolute Gasteiger partial charge is 0.491 e. The van der Waals surface area contributed by atoms with E-state index in [2.05, 4.69) is 32.0 Å². The van der Waals surface area contributed by atoms with E-state index in [1.54, 1.807) is 13.8 Å². The molecule has 0 radical (unpaired) electrons. The average Bonchev–Trinajstić information content (AvgIpc) is 3.02. The molecule has 5 rings (SSSR count). The monoisotopic (exact) mass is 528 g/mol. The summed E-state index contributed by atoms with van der Waals surface area (Å²) in [6.45, 7) is 7.02. The van der Waals surface area contributed by atoms with Crippen LogP contribution >= 0.6 is 34.7 Å². The zero-order valence-electron chi connectivity index (χ0n) is 19.8. The molecule has 0 fully saturated rings. The van der Waals surface area contributed by atoms with Gasteiger partial charge in [0.2, 0.25) is 0 Å². The Labute approximate surface area is 216 Å². The minimum Gasteiger partial charge on any atom is -0.491 e. The standard InChI is InChI=1S/C24H25ClN6O2S2/c1-12-7-13(14-9-16-21(27-10-14)35-22(26)28-16)8-15-11-31(5-6-33-18(12)15)20-17(24(2,3)32)19(25)29-23(30-20)34-4/h7-10,32H,5-6,11H2,1-4H3,(H2,26,28). The molecule has 0 atom stereocenters. The molecule has 0 aliphatic carbocycles. The molecule has 0 saturated heterocycles. The lowest BCUT2D eigenvalue weighted by Gasteiger charge is -2.29. The summed E-state index contributed by atoms with van der Waals surface area (Å²) in [5.74, 6) is 1.47. The van der Waals surface area contributed by atoms with Gasteiger partial charge in [0.25, 0.3) is 0 Å². The Hall–Kier alpha value is -2.66. The van der Waals surface area contributed by atoms with Gasteiger partial charge in [-0.05, 0) is 56.4 Å². The number of hydrogen-bond donors (Lipinski definition) is 2. The van der Waals surface area contributed by atoms with Crippen LogP contribution in [0, 0.1) is 6.92 Å². The molecule has 1 aliphatic rings. The number of fused-ring (bicyclic) bond motifs is 2. The second-order valence-electron chi connectivity index (χ2n) is 8.91. The molecule has 0 saturated carbocycles. The molecule has 3 aromatic heterocycles. The molecule has 11 heteroatoms. The lowest BCUT2D eigenvalue weighted by Crippen LogP contribution is -2.31. The summed E-state index contributed by atoms with van der Waals surface area (Å²) < 4.78 is 6.18. The molecule has 0 spiro atoms. The summed E-state index contributed by atoms with van der Waals surface area (Å²) in [5, 5.41) is 12.2. The van der Waals surface area contributed by atoms with E-state index in [1.807, 2.05) is 25.4 Å². The van der Waals surface area contributed by atoms with E-state index in [0.29, 0.717) is 41.4 Å². The number of pyridine rings is 1. The normalized spacial score (nSPS) is 14.1. The van der Waals surface area contributed by atoms with Crippen LogP contribution in [0.5, 0.6) is 5.75 Å². The fourth-order valence-electron chi connectivity index (χ4n) is 4.31. The third-order valence-corrected chi connectivity index (χ3v) is 7.47. The van der Waals surface area contributed by atoms with Gasteiger partial charge in [-0.25, -0.2) is 19.9 Å². The first-order valence-corrected chi connectivity index (χ1v) is 13.4. The lowest BCUT2D eigenvalue weighted by molar-refractivity contribution is 0.0782. The third-order valence-electron chi connectivity index (χ3n) is 5.84. The Morgan fingerprint density at radius 3 is 2.74 bits per heavy atom. The zero-order valence-corrected chi connectivity index (χ0v) is 22.2. The summed E-state index contributed by atoms with van der Waals surface area (Å²) in [7, 11) is 0. The number of aryl methyl sites for hydroxylation is 1. The van der Waals surface area contributed by atoms with Crippen molar-refractivity contribution in [2.45, 2.75) is 38.1 Å². The van der Waals surface area contributed by atoms with Crippen LogP contribution in [0.1, 0.15) is 30.5 Å². The van der Waals surface area contributed by atoms with E-state index in [-0.39, 0.29) is 5.15 Å². The van der Waals surface area contributed by atoms with Crippen molar-refractivity contribution in [2.24, 2.45) is 0 Å². The van der Waals surface area contributed by atoms with Crippen LogP contribution in [-0.2, 0) is 12.1 Å². The number of rotatable bonds is 4. The second-order valence-corrected chi connectivity index (χ2v) is 11.1. The van der Waals surface area contributed by atoms with Crippen LogP contribution in [0.3, 0.4) is 0 Å². The van der Waals surface area contributed by atoms with Gasteiger partial charge < -0.3 is 20.5 Å². The number of thioether (sulfide) groups is 1. The average molecular weight is 529 g/mol. The minimum absolute atomic E-state index is 0.254. The number of anilines is 2. The topological polar surface area (TPSA) is 110 Å². The van der Waals surface area contributed by atoms with Crippen molar-refractivity contribution < 1.29 is 9.84 Å². The maximum absolute atomic E-state index is 10.9. The highest BCUT2D eigenvalue weighted by molar-refractivity contribution is 7.98. The van der Waals surface area contributed by atoms with Gasteiger partial charge in [0.15, 0.2) is 10.3 Å². The van der Waals surface area contributed by atoms with E-state index >= 15 is 0 Å². The maximum Gasteiger partial charge on any atom is 0.190 e. The summed E-state index contributed by atoms with van der Waals surface area (Å²) >= 11 is 9.32. The highest BCUT2D eigenvalue weighted by Crippen LogP contribution is 2.39. The van der Waals surface area contributed by atoms with Crippen LogP contribution < -0.4 is 15.4 Å². The van der Waals surface area contributed by atoms with Crippen LogP contribution in [0.25, 0.3) is 21.5 Å². The van der Waals surface area contributed by atoms with Crippen molar-refractivity contribution in [2.75, 3.05) is 30.0 Å². The summed E-state index contributed by atoms with van der Waals surface area (Å²) in [6.07, 6.45) is 3.74. The molecule has 8 nitrogen and oxygen atoms in total. The van der Waals surface area contributed by atoms with Crippen molar-refractivity contribution in [3.63, 3.8) is 0 Å². The number of hydrogen-bond acceptors (Lipinski definition) is 10. The molecule has 4 heterocycles. The van der Waals surface area contributed by atoms with Gasteiger partial charge in [0.1, 0.15) is 33.7 Å².